The van der Waals surface area contributed by atoms with Gasteiger partial charge in [-0.3, -0.25) is 4.79 Å². The van der Waals surface area contributed by atoms with Crippen molar-refractivity contribution in [2.75, 3.05) is 31.1 Å². The molecule has 0 aliphatic carbocycles. The molecule has 29 heavy (non-hydrogen) atoms. The molecule has 6 heteroatoms. The molecule has 4 rings (SSSR count). The van der Waals surface area contributed by atoms with Crippen LogP contribution in [0.5, 0.6) is 5.75 Å². The van der Waals surface area contributed by atoms with Crippen LogP contribution in [0.4, 0.5) is 5.82 Å². The van der Waals surface area contributed by atoms with Gasteiger partial charge in [-0.25, -0.2) is 4.98 Å². The van der Waals surface area contributed by atoms with E-state index in [9.17, 15) is 4.79 Å². The van der Waals surface area contributed by atoms with Gasteiger partial charge in [-0.1, -0.05) is 46.3 Å². The van der Waals surface area contributed by atoms with Gasteiger partial charge in [0.05, 0.1) is 5.56 Å². The van der Waals surface area contributed by atoms with Crippen molar-refractivity contribution in [3.63, 3.8) is 0 Å². The van der Waals surface area contributed by atoms with Crippen LogP contribution in [-0.4, -0.2) is 42.0 Å². The van der Waals surface area contributed by atoms with Gasteiger partial charge in [0.25, 0.3) is 5.91 Å². The van der Waals surface area contributed by atoms with Crippen LogP contribution in [0, 0.1) is 0 Å². The standard InChI is InChI=1S/C23H22BrN3O2/c24-19-7-5-6-18(16-19)17-29-21-9-2-1-8-20(21)23(28)27-14-12-26(13-15-27)22-10-3-4-11-25-22/h1-11,16H,12-15,17H2. The number of ether oxygens (including phenoxy) is 1. The van der Waals surface area contributed by atoms with E-state index in [1.165, 1.54) is 0 Å². The highest BCUT2D eigenvalue weighted by Crippen LogP contribution is 2.23. The maximum absolute atomic E-state index is 13.1. The number of halogens is 1. The summed E-state index contributed by atoms with van der Waals surface area (Å²) in [5.74, 6) is 1.58. The number of amides is 1. The Morgan fingerprint density at radius 2 is 1.76 bits per heavy atom. The molecule has 1 amide bonds. The van der Waals surface area contributed by atoms with Gasteiger partial charge in [0.2, 0.25) is 0 Å². The molecule has 0 saturated carbocycles. The molecule has 1 aromatic heterocycles. The van der Waals surface area contributed by atoms with Gasteiger partial charge < -0.3 is 14.5 Å². The van der Waals surface area contributed by atoms with E-state index in [-0.39, 0.29) is 5.91 Å². The number of aromatic nitrogens is 1. The molecule has 3 aromatic rings. The number of hydrogen-bond acceptors (Lipinski definition) is 4. The number of rotatable bonds is 5. The maximum atomic E-state index is 13.1. The molecule has 2 heterocycles. The van der Waals surface area contributed by atoms with Crippen molar-refractivity contribution in [1.29, 1.82) is 0 Å². The Kier molecular flexibility index (Phi) is 6.10. The molecule has 1 aliphatic heterocycles. The number of carbonyl (C=O) groups excluding carboxylic acids is 1. The quantitative estimate of drug-likeness (QED) is 0.577. The number of pyridine rings is 1. The lowest BCUT2D eigenvalue weighted by Crippen LogP contribution is -2.49. The average molecular weight is 452 g/mol. The molecule has 0 bridgehead atoms. The van der Waals surface area contributed by atoms with Crippen LogP contribution >= 0.6 is 15.9 Å². The number of nitrogens with zero attached hydrogens (tertiary/aromatic N) is 3. The van der Waals surface area contributed by atoms with Crippen LogP contribution < -0.4 is 9.64 Å². The molecule has 1 saturated heterocycles. The van der Waals surface area contributed by atoms with Crippen molar-refractivity contribution in [3.05, 3.63) is 88.5 Å². The molecule has 0 unspecified atom stereocenters. The molecule has 1 fully saturated rings. The molecule has 2 aromatic carbocycles. The first-order valence-electron chi connectivity index (χ1n) is 9.62. The molecule has 0 spiro atoms. The van der Waals surface area contributed by atoms with Crippen molar-refractivity contribution in [2.24, 2.45) is 0 Å². The van der Waals surface area contributed by atoms with E-state index in [0.717, 1.165) is 28.9 Å². The summed E-state index contributed by atoms with van der Waals surface area (Å²) in [5, 5.41) is 0. The minimum absolute atomic E-state index is 0.00973. The van der Waals surface area contributed by atoms with Gasteiger partial charge in [0, 0.05) is 36.8 Å². The SMILES string of the molecule is O=C(c1ccccc1OCc1cccc(Br)c1)N1CCN(c2ccccn2)CC1. The van der Waals surface area contributed by atoms with Crippen LogP contribution in [0.25, 0.3) is 0 Å². The zero-order valence-electron chi connectivity index (χ0n) is 16.0. The number of hydrogen-bond donors (Lipinski definition) is 0. The highest BCUT2D eigenvalue weighted by Gasteiger charge is 2.24. The van der Waals surface area contributed by atoms with Crippen molar-refractivity contribution in [3.8, 4) is 5.75 Å². The van der Waals surface area contributed by atoms with E-state index in [4.69, 9.17) is 4.74 Å². The Labute approximate surface area is 179 Å². The second kappa shape index (κ2) is 9.09. The smallest absolute Gasteiger partial charge is 0.257 e. The summed E-state index contributed by atoms with van der Waals surface area (Å²) >= 11 is 3.48. The third-order valence-electron chi connectivity index (χ3n) is 4.94. The largest absolute Gasteiger partial charge is 0.488 e. The summed E-state index contributed by atoms with van der Waals surface area (Å²) in [7, 11) is 0. The van der Waals surface area contributed by atoms with E-state index in [2.05, 4.69) is 25.8 Å². The van der Waals surface area contributed by atoms with Gasteiger partial charge >= 0.3 is 0 Å². The van der Waals surface area contributed by atoms with Gasteiger partial charge in [-0.15, -0.1) is 0 Å². The molecule has 0 radical (unpaired) electrons. The maximum Gasteiger partial charge on any atom is 0.257 e. The van der Waals surface area contributed by atoms with E-state index < -0.39 is 0 Å². The Balaban J connectivity index is 1.41. The number of carbonyl (C=O) groups is 1. The molecule has 1 aliphatic rings. The normalized spacial score (nSPS) is 14.0. The highest BCUT2D eigenvalue weighted by molar-refractivity contribution is 9.10. The Morgan fingerprint density at radius 3 is 2.52 bits per heavy atom. The minimum Gasteiger partial charge on any atom is -0.488 e. The predicted molar refractivity (Wildman–Crippen MR) is 117 cm³/mol. The fourth-order valence-electron chi connectivity index (χ4n) is 3.41. The molecule has 5 nitrogen and oxygen atoms in total. The van der Waals surface area contributed by atoms with Gasteiger partial charge in [-0.2, -0.15) is 0 Å². The van der Waals surface area contributed by atoms with Crippen molar-refractivity contribution >= 4 is 27.7 Å². The predicted octanol–water partition coefficient (Wildman–Crippen LogP) is 4.39. The highest BCUT2D eigenvalue weighted by atomic mass is 79.9. The summed E-state index contributed by atoms with van der Waals surface area (Å²) in [4.78, 5) is 21.6. The lowest BCUT2D eigenvalue weighted by atomic mass is 10.1. The van der Waals surface area contributed by atoms with E-state index in [1.807, 2.05) is 71.6 Å². The number of para-hydroxylation sites is 1. The monoisotopic (exact) mass is 451 g/mol. The van der Waals surface area contributed by atoms with Crippen molar-refractivity contribution < 1.29 is 9.53 Å². The van der Waals surface area contributed by atoms with Gasteiger partial charge in [0.1, 0.15) is 18.2 Å². The first-order valence-corrected chi connectivity index (χ1v) is 10.4. The summed E-state index contributed by atoms with van der Waals surface area (Å²) in [6.07, 6.45) is 1.80. The number of piperazine rings is 1. The van der Waals surface area contributed by atoms with Crippen LogP contribution in [0.15, 0.2) is 77.4 Å². The van der Waals surface area contributed by atoms with Gasteiger partial charge in [-0.05, 0) is 42.0 Å². The van der Waals surface area contributed by atoms with Crippen LogP contribution in [-0.2, 0) is 6.61 Å². The zero-order chi connectivity index (χ0) is 20.1. The first-order chi connectivity index (χ1) is 14.2. The minimum atomic E-state index is 0.00973. The molecular formula is C23H22BrN3O2. The molecule has 0 atom stereocenters. The second-order valence-corrected chi connectivity index (χ2v) is 7.80. The molecule has 148 valence electrons. The first kappa shape index (κ1) is 19.5. The van der Waals surface area contributed by atoms with E-state index in [1.54, 1.807) is 6.20 Å². The fraction of sp³-hybridized carbons (Fsp3) is 0.217. The lowest BCUT2D eigenvalue weighted by Gasteiger charge is -2.35. The molecule has 0 N–H and O–H groups in total. The molecular weight excluding hydrogens is 430 g/mol. The fourth-order valence-corrected chi connectivity index (χ4v) is 3.85. The summed E-state index contributed by atoms with van der Waals surface area (Å²) in [6, 6.07) is 21.3. The van der Waals surface area contributed by atoms with Crippen molar-refractivity contribution in [2.45, 2.75) is 6.61 Å². The van der Waals surface area contributed by atoms with Crippen LogP contribution in [0.3, 0.4) is 0 Å². The number of benzene rings is 2. The second-order valence-electron chi connectivity index (χ2n) is 6.88. The van der Waals surface area contributed by atoms with E-state index >= 15 is 0 Å². The average Bonchev–Trinajstić information content (AvgIpc) is 2.78. The summed E-state index contributed by atoms with van der Waals surface area (Å²) in [5.41, 5.74) is 1.65. The van der Waals surface area contributed by atoms with E-state index in [0.29, 0.717) is 31.0 Å². The number of anilines is 1. The van der Waals surface area contributed by atoms with Crippen molar-refractivity contribution in [1.82, 2.24) is 9.88 Å². The zero-order valence-corrected chi connectivity index (χ0v) is 17.6. The summed E-state index contributed by atoms with van der Waals surface area (Å²) in [6.45, 7) is 3.27. The van der Waals surface area contributed by atoms with Gasteiger partial charge in [0.15, 0.2) is 0 Å². The Hall–Kier alpha value is -2.86. The summed E-state index contributed by atoms with van der Waals surface area (Å²) < 4.78 is 7.00. The van der Waals surface area contributed by atoms with Crippen LogP contribution in [0.1, 0.15) is 15.9 Å². The Bertz CT molecular complexity index is 973. The third-order valence-corrected chi connectivity index (χ3v) is 5.43. The third kappa shape index (κ3) is 4.77. The Morgan fingerprint density at radius 1 is 0.966 bits per heavy atom. The lowest BCUT2D eigenvalue weighted by molar-refractivity contribution is 0.0741. The van der Waals surface area contributed by atoms with Crippen LogP contribution in [0.2, 0.25) is 0 Å². The topological polar surface area (TPSA) is 45.7 Å².